The number of hydrogen-bond acceptors (Lipinski definition) is 4. The fourth-order valence-corrected chi connectivity index (χ4v) is 3.87. The normalized spacial score (nSPS) is 29.2. The third kappa shape index (κ3) is 4.05. The van der Waals surface area contributed by atoms with E-state index in [0.717, 1.165) is 31.7 Å². The Labute approximate surface area is 109 Å². The van der Waals surface area contributed by atoms with Crippen molar-refractivity contribution in [1.82, 2.24) is 5.32 Å². The van der Waals surface area contributed by atoms with Gasteiger partial charge in [0.05, 0.1) is 11.8 Å². The zero-order chi connectivity index (χ0) is 13.2. The van der Waals surface area contributed by atoms with Gasteiger partial charge in [0.25, 0.3) is 0 Å². The Kier molecular flexibility index (Phi) is 4.43. The van der Waals surface area contributed by atoms with Crippen LogP contribution in [0.4, 0.5) is 0 Å². The van der Waals surface area contributed by atoms with Gasteiger partial charge in [0.1, 0.15) is 15.6 Å². The molecule has 18 heavy (non-hydrogen) atoms. The van der Waals surface area contributed by atoms with Crippen molar-refractivity contribution in [3.8, 4) is 0 Å². The second-order valence-electron chi connectivity index (χ2n) is 5.86. The number of carbonyl (C=O) groups excluding carboxylic acids is 1. The molecule has 4 nitrogen and oxygen atoms in total. The molecule has 2 rings (SSSR count). The second-order valence-corrected chi connectivity index (χ2v) is 8.18. The van der Waals surface area contributed by atoms with Gasteiger partial charge in [-0.15, -0.1) is 0 Å². The highest BCUT2D eigenvalue weighted by Gasteiger charge is 2.32. The Bertz CT molecular complexity index is 400. The predicted octanol–water partition coefficient (Wildman–Crippen LogP) is 1.16. The molecule has 5 heteroatoms. The lowest BCUT2D eigenvalue weighted by Crippen LogP contribution is -2.35. The molecular weight excluding hydrogens is 250 g/mol. The number of carbonyl (C=O) groups is 1. The van der Waals surface area contributed by atoms with Crippen LogP contribution in [0.25, 0.3) is 0 Å². The number of ketones is 1. The quantitative estimate of drug-likeness (QED) is 0.789. The summed E-state index contributed by atoms with van der Waals surface area (Å²) >= 11 is 0. The molecule has 0 aromatic rings. The maximum atomic E-state index is 12.0. The van der Waals surface area contributed by atoms with Gasteiger partial charge in [0.15, 0.2) is 0 Å². The summed E-state index contributed by atoms with van der Waals surface area (Å²) in [6.07, 6.45) is 6.81. The molecule has 2 aliphatic rings. The average molecular weight is 273 g/mol. The summed E-state index contributed by atoms with van der Waals surface area (Å²) in [4.78, 5) is 12.0. The largest absolute Gasteiger partial charge is 0.310 e. The molecule has 0 aliphatic heterocycles. The first-order valence-electron chi connectivity index (χ1n) is 6.89. The van der Waals surface area contributed by atoms with E-state index in [1.54, 1.807) is 0 Å². The molecule has 2 saturated carbocycles. The van der Waals surface area contributed by atoms with Crippen molar-refractivity contribution in [2.75, 3.05) is 19.3 Å². The molecular formula is C13H23NO3S. The summed E-state index contributed by atoms with van der Waals surface area (Å²) in [5.41, 5.74) is 0. The minimum absolute atomic E-state index is 0.0508. The molecule has 0 heterocycles. The van der Waals surface area contributed by atoms with Gasteiger partial charge in [-0.05, 0) is 44.6 Å². The van der Waals surface area contributed by atoms with Gasteiger partial charge >= 0.3 is 0 Å². The van der Waals surface area contributed by atoms with Crippen molar-refractivity contribution in [3.05, 3.63) is 0 Å². The van der Waals surface area contributed by atoms with Crippen LogP contribution in [0.15, 0.2) is 0 Å². The lowest BCUT2D eigenvalue weighted by molar-refractivity contribution is -0.122. The monoisotopic (exact) mass is 273 g/mol. The number of sulfone groups is 1. The summed E-state index contributed by atoms with van der Waals surface area (Å²) in [6.45, 7) is 1.35. The van der Waals surface area contributed by atoms with E-state index in [1.807, 2.05) is 0 Å². The van der Waals surface area contributed by atoms with Crippen LogP contribution in [0.3, 0.4) is 0 Å². The lowest BCUT2D eigenvalue weighted by Gasteiger charge is -2.27. The molecule has 0 radical (unpaired) electrons. The summed E-state index contributed by atoms with van der Waals surface area (Å²) < 4.78 is 23.1. The zero-order valence-electron chi connectivity index (χ0n) is 11.0. The van der Waals surface area contributed by atoms with Crippen LogP contribution >= 0.6 is 0 Å². The molecule has 0 aromatic heterocycles. The van der Waals surface area contributed by atoms with Crippen LogP contribution in [0, 0.1) is 11.8 Å². The fraction of sp³-hybridized carbons (Fsp3) is 0.923. The maximum absolute atomic E-state index is 12.0. The molecule has 2 fully saturated rings. The maximum Gasteiger partial charge on any atom is 0.150 e. The average Bonchev–Trinajstić information content (AvgIpc) is 3.12. The first-order valence-corrected chi connectivity index (χ1v) is 8.84. The van der Waals surface area contributed by atoms with Crippen LogP contribution in [0.5, 0.6) is 0 Å². The SMILES string of the molecule is CS(=O)(=O)C1CCCC(C(=O)CNCC2CC2)C1. The molecule has 0 aromatic carbocycles. The number of hydrogen-bond donors (Lipinski definition) is 1. The van der Waals surface area contributed by atoms with E-state index in [1.165, 1.54) is 19.1 Å². The standard InChI is InChI=1S/C13H23NO3S/c1-18(16,17)12-4-2-3-11(7-12)13(15)9-14-8-10-5-6-10/h10-12,14H,2-9H2,1H3. The van der Waals surface area contributed by atoms with Gasteiger partial charge in [-0.2, -0.15) is 0 Å². The Hall–Kier alpha value is -0.420. The second kappa shape index (κ2) is 5.70. The molecule has 2 atom stereocenters. The van der Waals surface area contributed by atoms with E-state index in [0.29, 0.717) is 13.0 Å². The van der Waals surface area contributed by atoms with Crippen LogP contribution < -0.4 is 5.32 Å². The topological polar surface area (TPSA) is 63.2 Å². The zero-order valence-corrected chi connectivity index (χ0v) is 11.8. The Morgan fingerprint density at radius 2 is 1.94 bits per heavy atom. The molecule has 0 bridgehead atoms. The first kappa shape index (κ1) is 14.0. The van der Waals surface area contributed by atoms with Gasteiger partial charge in [-0.25, -0.2) is 8.42 Å². The Balaban J connectivity index is 1.78. The molecule has 0 amide bonds. The third-order valence-electron chi connectivity index (χ3n) is 4.12. The van der Waals surface area contributed by atoms with E-state index in [4.69, 9.17) is 0 Å². The van der Waals surface area contributed by atoms with Crippen LogP contribution in [0.2, 0.25) is 0 Å². The third-order valence-corrected chi connectivity index (χ3v) is 5.76. The number of nitrogens with one attached hydrogen (secondary N) is 1. The molecule has 2 aliphatic carbocycles. The van der Waals surface area contributed by atoms with Crippen LogP contribution in [0.1, 0.15) is 38.5 Å². The van der Waals surface area contributed by atoms with Crippen molar-refractivity contribution in [3.63, 3.8) is 0 Å². The highest BCUT2D eigenvalue weighted by Crippen LogP contribution is 2.29. The summed E-state index contributed by atoms with van der Waals surface area (Å²) in [5, 5.41) is 2.90. The van der Waals surface area contributed by atoms with E-state index in [-0.39, 0.29) is 17.0 Å². The van der Waals surface area contributed by atoms with Gasteiger partial charge in [0, 0.05) is 12.2 Å². The molecule has 104 valence electrons. The Morgan fingerprint density at radius 3 is 2.56 bits per heavy atom. The predicted molar refractivity (Wildman–Crippen MR) is 71.2 cm³/mol. The lowest BCUT2D eigenvalue weighted by atomic mass is 9.86. The first-order chi connectivity index (χ1) is 8.47. The molecule has 0 saturated heterocycles. The summed E-state index contributed by atoms with van der Waals surface area (Å²) in [7, 11) is -2.99. The van der Waals surface area contributed by atoms with Crippen molar-refractivity contribution in [2.45, 2.75) is 43.8 Å². The fourth-order valence-electron chi connectivity index (χ4n) is 2.69. The van der Waals surface area contributed by atoms with Crippen LogP contribution in [-0.2, 0) is 14.6 Å². The molecule has 1 N–H and O–H groups in total. The molecule has 0 spiro atoms. The van der Waals surface area contributed by atoms with E-state index in [9.17, 15) is 13.2 Å². The van der Waals surface area contributed by atoms with E-state index in [2.05, 4.69) is 5.32 Å². The smallest absolute Gasteiger partial charge is 0.150 e. The van der Waals surface area contributed by atoms with Gasteiger partial charge < -0.3 is 5.32 Å². The minimum Gasteiger partial charge on any atom is -0.310 e. The number of Topliss-reactive ketones (excluding diaryl/α,β-unsaturated/α-hetero) is 1. The van der Waals surface area contributed by atoms with E-state index >= 15 is 0 Å². The summed E-state index contributed by atoms with van der Waals surface area (Å²) in [5.74, 6) is 0.919. The van der Waals surface area contributed by atoms with Crippen molar-refractivity contribution >= 4 is 15.6 Å². The highest BCUT2D eigenvalue weighted by atomic mass is 32.2. The number of rotatable bonds is 6. The minimum atomic E-state index is -2.99. The van der Waals surface area contributed by atoms with Crippen LogP contribution in [-0.4, -0.2) is 38.8 Å². The van der Waals surface area contributed by atoms with Crippen molar-refractivity contribution in [1.29, 1.82) is 0 Å². The van der Waals surface area contributed by atoms with Gasteiger partial charge in [-0.1, -0.05) is 6.42 Å². The van der Waals surface area contributed by atoms with Crippen molar-refractivity contribution < 1.29 is 13.2 Å². The molecule has 2 unspecified atom stereocenters. The van der Waals surface area contributed by atoms with E-state index < -0.39 is 9.84 Å². The summed E-state index contributed by atoms with van der Waals surface area (Å²) in [6, 6.07) is 0. The highest BCUT2D eigenvalue weighted by molar-refractivity contribution is 7.91. The van der Waals surface area contributed by atoms with Crippen molar-refractivity contribution in [2.24, 2.45) is 11.8 Å². The Morgan fingerprint density at radius 1 is 1.22 bits per heavy atom. The van der Waals surface area contributed by atoms with Gasteiger partial charge in [-0.3, -0.25) is 4.79 Å². The van der Waals surface area contributed by atoms with Gasteiger partial charge in [0.2, 0.25) is 0 Å².